The molecule has 0 N–H and O–H groups in total. The maximum atomic E-state index is 13.1. The van der Waals surface area contributed by atoms with Gasteiger partial charge in [0.1, 0.15) is 6.04 Å². The molecular formula is C24H22N3O+. The molecule has 0 amide bonds. The number of hydrogen-bond acceptors (Lipinski definition) is 2. The zero-order valence-electron chi connectivity index (χ0n) is 15.9. The standard InChI is InChI=1S/C24H22N3O/c1-17-7-9-21-19(13-17)8-10-23(24(21)28)27-22-11-12-26(16-20(22)14-25-27)15-18-5-3-2-4-6-18/h2-7,9,11-14,16,23H,8,10,15H2,1H3/q+1. The minimum atomic E-state index is -0.224. The van der Waals surface area contributed by atoms with E-state index in [-0.39, 0.29) is 11.8 Å². The van der Waals surface area contributed by atoms with Crippen LogP contribution in [0.15, 0.2) is 73.2 Å². The average molecular weight is 368 g/mol. The van der Waals surface area contributed by atoms with Crippen LogP contribution < -0.4 is 4.57 Å². The molecule has 0 radical (unpaired) electrons. The Labute approximate surface area is 164 Å². The molecule has 1 unspecified atom stereocenters. The predicted molar refractivity (Wildman–Crippen MR) is 108 cm³/mol. The van der Waals surface area contributed by atoms with Crippen LogP contribution >= 0.6 is 0 Å². The maximum absolute atomic E-state index is 13.1. The molecule has 4 heteroatoms. The van der Waals surface area contributed by atoms with Crippen LogP contribution in [0.1, 0.15) is 39.5 Å². The molecule has 4 nitrogen and oxygen atoms in total. The predicted octanol–water partition coefficient (Wildman–Crippen LogP) is 4.05. The van der Waals surface area contributed by atoms with E-state index in [1.165, 1.54) is 16.7 Å². The van der Waals surface area contributed by atoms with Crippen molar-refractivity contribution in [3.8, 4) is 0 Å². The molecule has 2 aromatic carbocycles. The van der Waals surface area contributed by atoms with E-state index in [1.54, 1.807) is 0 Å². The van der Waals surface area contributed by atoms with E-state index in [0.717, 1.165) is 35.9 Å². The lowest BCUT2D eigenvalue weighted by Gasteiger charge is -2.24. The first-order chi connectivity index (χ1) is 13.7. The Morgan fingerprint density at radius 1 is 1.14 bits per heavy atom. The first-order valence-electron chi connectivity index (χ1n) is 9.73. The number of Topliss-reactive ketones (excluding diaryl/α,β-unsaturated/α-hetero) is 1. The van der Waals surface area contributed by atoms with Gasteiger partial charge in [-0.25, -0.2) is 0 Å². The summed E-state index contributed by atoms with van der Waals surface area (Å²) in [6, 6.07) is 18.4. The van der Waals surface area contributed by atoms with E-state index in [4.69, 9.17) is 0 Å². The van der Waals surface area contributed by atoms with E-state index in [9.17, 15) is 4.79 Å². The van der Waals surface area contributed by atoms with Gasteiger partial charge in [-0.2, -0.15) is 9.67 Å². The lowest BCUT2D eigenvalue weighted by Crippen LogP contribution is -2.33. The van der Waals surface area contributed by atoms with Crippen LogP contribution in [0.2, 0.25) is 0 Å². The van der Waals surface area contributed by atoms with Gasteiger partial charge in [0.2, 0.25) is 0 Å². The first-order valence-corrected chi connectivity index (χ1v) is 9.73. The molecule has 0 aliphatic heterocycles. The van der Waals surface area contributed by atoms with Crippen LogP contribution in [0.5, 0.6) is 0 Å². The minimum absolute atomic E-state index is 0.173. The fraction of sp³-hybridized carbons (Fsp3) is 0.208. The van der Waals surface area contributed by atoms with Crippen LogP contribution in [-0.4, -0.2) is 15.6 Å². The highest BCUT2D eigenvalue weighted by atomic mass is 16.1. The minimum Gasteiger partial charge on any atom is -0.292 e. The summed E-state index contributed by atoms with van der Waals surface area (Å²) in [5.41, 5.74) is 5.49. The van der Waals surface area contributed by atoms with E-state index in [2.05, 4.69) is 65.4 Å². The average Bonchev–Trinajstić information content (AvgIpc) is 3.12. The van der Waals surface area contributed by atoms with E-state index >= 15 is 0 Å². The molecule has 0 spiro atoms. The van der Waals surface area contributed by atoms with Crippen molar-refractivity contribution in [1.29, 1.82) is 0 Å². The van der Waals surface area contributed by atoms with Gasteiger partial charge in [-0.15, -0.1) is 0 Å². The van der Waals surface area contributed by atoms with Crippen LogP contribution in [0.25, 0.3) is 10.9 Å². The molecule has 1 aliphatic rings. The van der Waals surface area contributed by atoms with Gasteiger partial charge in [0.15, 0.2) is 24.7 Å². The lowest BCUT2D eigenvalue weighted by molar-refractivity contribution is -0.687. The van der Waals surface area contributed by atoms with Crippen molar-refractivity contribution in [2.45, 2.75) is 32.4 Å². The van der Waals surface area contributed by atoms with Gasteiger partial charge >= 0.3 is 0 Å². The van der Waals surface area contributed by atoms with Gasteiger partial charge in [0, 0.05) is 17.2 Å². The third-order valence-electron chi connectivity index (χ3n) is 5.61. The summed E-state index contributed by atoms with van der Waals surface area (Å²) >= 11 is 0. The number of rotatable bonds is 3. The monoisotopic (exact) mass is 368 g/mol. The Balaban J connectivity index is 1.47. The van der Waals surface area contributed by atoms with Gasteiger partial charge in [-0.05, 0) is 25.3 Å². The van der Waals surface area contributed by atoms with Gasteiger partial charge < -0.3 is 0 Å². The third-order valence-corrected chi connectivity index (χ3v) is 5.61. The van der Waals surface area contributed by atoms with Crippen LogP contribution in [0.4, 0.5) is 0 Å². The van der Waals surface area contributed by atoms with Crippen molar-refractivity contribution >= 4 is 16.7 Å². The Morgan fingerprint density at radius 3 is 2.86 bits per heavy atom. The molecule has 138 valence electrons. The largest absolute Gasteiger partial charge is 0.292 e. The highest BCUT2D eigenvalue weighted by Gasteiger charge is 2.30. The number of carbonyl (C=O) groups is 1. The molecule has 28 heavy (non-hydrogen) atoms. The maximum Gasteiger partial charge on any atom is 0.187 e. The zero-order valence-corrected chi connectivity index (χ0v) is 15.9. The smallest absolute Gasteiger partial charge is 0.187 e. The van der Waals surface area contributed by atoms with Crippen molar-refractivity contribution in [1.82, 2.24) is 9.78 Å². The summed E-state index contributed by atoms with van der Waals surface area (Å²) in [6.45, 7) is 2.89. The highest BCUT2D eigenvalue weighted by molar-refractivity contribution is 6.02. The number of fused-ring (bicyclic) bond motifs is 2. The SMILES string of the molecule is Cc1ccc2c(c1)CCC(n1ncc3c[n+](Cc4ccccc4)ccc31)C2=O. The Kier molecular flexibility index (Phi) is 4.05. The molecule has 2 aromatic heterocycles. The quantitative estimate of drug-likeness (QED) is 0.512. The Bertz CT molecular complexity index is 1180. The molecule has 0 bridgehead atoms. The van der Waals surface area contributed by atoms with E-state index in [0.29, 0.717) is 0 Å². The number of nitrogens with zero attached hydrogens (tertiary/aromatic N) is 3. The van der Waals surface area contributed by atoms with Gasteiger partial charge in [-0.3, -0.25) is 9.48 Å². The highest BCUT2D eigenvalue weighted by Crippen LogP contribution is 2.31. The number of aryl methyl sites for hydroxylation is 2. The fourth-order valence-electron chi connectivity index (χ4n) is 4.19. The second kappa shape index (κ2) is 6.71. The number of ketones is 1. The summed E-state index contributed by atoms with van der Waals surface area (Å²) in [5, 5.41) is 5.65. The second-order valence-electron chi connectivity index (χ2n) is 7.61. The summed E-state index contributed by atoms with van der Waals surface area (Å²) in [4.78, 5) is 13.1. The van der Waals surface area contributed by atoms with E-state index in [1.807, 2.05) is 29.1 Å². The van der Waals surface area contributed by atoms with Crippen LogP contribution in [-0.2, 0) is 13.0 Å². The first kappa shape index (κ1) is 16.9. The number of hydrogen-bond donors (Lipinski definition) is 0. The fourth-order valence-corrected chi connectivity index (χ4v) is 4.19. The molecule has 5 rings (SSSR count). The molecular weight excluding hydrogens is 346 g/mol. The summed E-state index contributed by atoms with van der Waals surface area (Å²) < 4.78 is 4.07. The molecule has 2 heterocycles. The number of carbonyl (C=O) groups excluding carboxylic acids is 1. The van der Waals surface area contributed by atoms with Crippen molar-refractivity contribution in [3.05, 3.63) is 95.4 Å². The summed E-state index contributed by atoms with van der Waals surface area (Å²) in [7, 11) is 0. The third kappa shape index (κ3) is 2.91. The number of pyridine rings is 1. The molecule has 1 atom stereocenters. The molecule has 1 aliphatic carbocycles. The van der Waals surface area contributed by atoms with Crippen LogP contribution in [0.3, 0.4) is 0 Å². The molecule has 4 aromatic rings. The molecule has 0 fully saturated rings. The molecule has 0 saturated carbocycles. The summed E-state index contributed by atoms with van der Waals surface area (Å²) in [6.07, 6.45) is 7.75. The van der Waals surface area contributed by atoms with Gasteiger partial charge in [0.25, 0.3) is 0 Å². The number of benzene rings is 2. The van der Waals surface area contributed by atoms with Gasteiger partial charge in [-0.1, -0.05) is 54.1 Å². The zero-order chi connectivity index (χ0) is 19.1. The topological polar surface area (TPSA) is 38.8 Å². The van der Waals surface area contributed by atoms with Crippen LogP contribution in [0, 0.1) is 6.92 Å². The normalized spacial score (nSPS) is 16.3. The second-order valence-corrected chi connectivity index (χ2v) is 7.61. The Hall–Kier alpha value is -3.27. The van der Waals surface area contributed by atoms with Crippen molar-refractivity contribution in [2.24, 2.45) is 0 Å². The molecule has 0 saturated heterocycles. The summed E-state index contributed by atoms with van der Waals surface area (Å²) in [5.74, 6) is 0.173. The van der Waals surface area contributed by atoms with Gasteiger partial charge in [0.05, 0.1) is 17.1 Å². The van der Waals surface area contributed by atoms with Crippen molar-refractivity contribution in [3.63, 3.8) is 0 Å². The Morgan fingerprint density at radius 2 is 2.00 bits per heavy atom. The number of aromatic nitrogens is 3. The lowest BCUT2D eigenvalue weighted by atomic mass is 9.86. The van der Waals surface area contributed by atoms with Crippen molar-refractivity contribution < 1.29 is 9.36 Å². The van der Waals surface area contributed by atoms with E-state index < -0.39 is 0 Å². The van der Waals surface area contributed by atoms with Crippen molar-refractivity contribution in [2.75, 3.05) is 0 Å².